The van der Waals surface area contributed by atoms with Gasteiger partial charge in [0.2, 0.25) is 5.76 Å². The number of rotatable bonds is 5. The molecule has 2 aromatic heterocycles. The summed E-state index contributed by atoms with van der Waals surface area (Å²) in [6, 6.07) is 14.0. The first-order chi connectivity index (χ1) is 16.4. The molecule has 2 aromatic carbocycles. The predicted octanol–water partition coefficient (Wildman–Crippen LogP) is 5.43. The fourth-order valence-electron chi connectivity index (χ4n) is 4.31. The lowest BCUT2D eigenvalue weighted by molar-refractivity contribution is 0.0970. The highest BCUT2D eigenvalue weighted by molar-refractivity contribution is 6.10. The zero-order valence-corrected chi connectivity index (χ0v) is 19.3. The minimum absolute atomic E-state index is 0.0468. The monoisotopic (exact) mass is 452 g/mol. The van der Waals surface area contributed by atoms with E-state index in [-0.39, 0.29) is 11.2 Å². The van der Waals surface area contributed by atoms with E-state index < -0.39 is 11.9 Å². The highest BCUT2D eigenvalue weighted by Crippen LogP contribution is 2.41. The average molecular weight is 453 g/mol. The fourth-order valence-corrected chi connectivity index (χ4v) is 4.31. The third kappa shape index (κ3) is 3.48. The number of fused-ring (bicyclic) bond motifs is 2. The molecular formula is C28H24N2O4. The van der Waals surface area contributed by atoms with Crippen molar-refractivity contribution in [1.82, 2.24) is 4.98 Å². The molecule has 0 radical (unpaired) electrons. The Balaban J connectivity index is 1.77. The number of pyridine rings is 1. The van der Waals surface area contributed by atoms with E-state index in [2.05, 4.69) is 11.6 Å². The van der Waals surface area contributed by atoms with Crippen molar-refractivity contribution in [1.29, 1.82) is 0 Å². The quantitative estimate of drug-likeness (QED) is 0.378. The van der Waals surface area contributed by atoms with Gasteiger partial charge >= 0.3 is 0 Å². The second kappa shape index (κ2) is 8.30. The van der Waals surface area contributed by atoms with Crippen LogP contribution in [0.1, 0.15) is 44.4 Å². The minimum atomic E-state index is -0.702. The first kappa shape index (κ1) is 21.6. The molecule has 6 nitrogen and oxygen atoms in total. The van der Waals surface area contributed by atoms with Crippen molar-refractivity contribution in [3.8, 4) is 5.75 Å². The lowest BCUT2D eigenvalue weighted by Crippen LogP contribution is -2.30. The zero-order valence-electron chi connectivity index (χ0n) is 19.3. The maximum atomic E-state index is 13.8. The summed E-state index contributed by atoms with van der Waals surface area (Å²) in [5.74, 6) is 0.712. The van der Waals surface area contributed by atoms with Gasteiger partial charge in [0.05, 0.1) is 17.0 Å². The van der Waals surface area contributed by atoms with Gasteiger partial charge in [-0.15, -0.1) is 0 Å². The summed E-state index contributed by atoms with van der Waals surface area (Å²) in [7, 11) is 0. The third-order valence-electron chi connectivity index (χ3n) is 6.17. The molecule has 1 atom stereocenters. The van der Waals surface area contributed by atoms with Crippen LogP contribution in [0.2, 0.25) is 0 Å². The van der Waals surface area contributed by atoms with Crippen LogP contribution in [-0.2, 0) is 0 Å². The van der Waals surface area contributed by atoms with Crippen molar-refractivity contribution >= 4 is 22.7 Å². The zero-order chi connectivity index (χ0) is 24.0. The van der Waals surface area contributed by atoms with Gasteiger partial charge in [-0.05, 0) is 73.4 Å². The number of amides is 1. The van der Waals surface area contributed by atoms with Crippen LogP contribution >= 0.6 is 0 Å². The van der Waals surface area contributed by atoms with Crippen LogP contribution in [-0.4, -0.2) is 17.5 Å². The summed E-state index contributed by atoms with van der Waals surface area (Å²) in [4.78, 5) is 33.5. The van der Waals surface area contributed by atoms with Gasteiger partial charge in [0.1, 0.15) is 23.8 Å². The van der Waals surface area contributed by atoms with Crippen LogP contribution in [0.25, 0.3) is 11.0 Å². The normalized spacial score (nSPS) is 15.0. The Morgan fingerprint density at radius 3 is 2.62 bits per heavy atom. The molecule has 5 rings (SSSR count). The Morgan fingerprint density at radius 2 is 1.88 bits per heavy atom. The first-order valence-electron chi connectivity index (χ1n) is 11.1. The van der Waals surface area contributed by atoms with E-state index in [1.165, 1.54) is 4.90 Å². The van der Waals surface area contributed by atoms with E-state index in [1.54, 1.807) is 18.3 Å². The summed E-state index contributed by atoms with van der Waals surface area (Å²) in [5, 5.41) is 0.456. The number of carbonyl (C=O) groups is 1. The van der Waals surface area contributed by atoms with E-state index in [1.807, 2.05) is 63.2 Å². The van der Waals surface area contributed by atoms with E-state index in [4.69, 9.17) is 9.15 Å². The number of nitrogens with zero attached hydrogens (tertiary/aromatic N) is 2. The van der Waals surface area contributed by atoms with Crippen molar-refractivity contribution in [2.45, 2.75) is 26.8 Å². The van der Waals surface area contributed by atoms with E-state index in [0.717, 1.165) is 22.3 Å². The second-order valence-corrected chi connectivity index (χ2v) is 8.55. The molecule has 0 N–H and O–H groups in total. The summed E-state index contributed by atoms with van der Waals surface area (Å²) in [6.07, 6.45) is 3.36. The number of ether oxygens (including phenoxy) is 1. The molecule has 0 fully saturated rings. The number of hydrogen-bond acceptors (Lipinski definition) is 5. The molecule has 1 amide bonds. The largest absolute Gasteiger partial charge is 0.490 e. The van der Waals surface area contributed by atoms with Gasteiger partial charge in [0.25, 0.3) is 5.91 Å². The standard InChI is InChI=1S/C28H24N2O4/c1-5-11-33-20-8-6-7-19(14-20)25-24-26(31)21-12-17(3)18(4)13-22(21)34-27(24)28(32)30(25)23-10-9-16(2)15-29-23/h5-10,12-15,25H,1,11H2,2-4H3/t25-/m0/s1. The molecule has 0 unspecified atom stereocenters. The van der Waals surface area contributed by atoms with Crippen LogP contribution in [0.4, 0.5) is 5.82 Å². The molecule has 0 aliphatic carbocycles. The van der Waals surface area contributed by atoms with E-state index in [9.17, 15) is 9.59 Å². The maximum Gasteiger partial charge on any atom is 0.296 e. The smallest absolute Gasteiger partial charge is 0.296 e. The summed E-state index contributed by atoms with van der Waals surface area (Å²) < 4.78 is 11.8. The minimum Gasteiger partial charge on any atom is -0.490 e. The summed E-state index contributed by atoms with van der Waals surface area (Å²) >= 11 is 0. The van der Waals surface area contributed by atoms with Gasteiger partial charge in [-0.1, -0.05) is 30.9 Å². The van der Waals surface area contributed by atoms with Crippen molar-refractivity contribution < 1.29 is 13.9 Å². The highest BCUT2D eigenvalue weighted by Gasteiger charge is 2.44. The van der Waals surface area contributed by atoms with Crippen molar-refractivity contribution in [3.63, 3.8) is 0 Å². The molecule has 0 saturated carbocycles. The number of anilines is 1. The summed E-state index contributed by atoms with van der Waals surface area (Å²) in [6.45, 7) is 9.86. The topological polar surface area (TPSA) is 72.6 Å². The van der Waals surface area contributed by atoms with Crippen molar-refractivity contribution in [3.05, 3.63) is 111 Å². The molecule has 1 aliphatic rings. The van der Waals surface area contributed by atoms with Crippen molar-refractivity contribution in [2.24, 2.45) is 0 Å². The Kier molecular flexibility index (Phi) is 5.28. The van der Waals surface area contributed by atoms with Crippen LogP contribution in [0.3, 0.4) is 0 Å². The van der Waals surface area contributed by atoms with Gasteiger partial charge in [0, 0.05) is 6.20 Å². The number of aryl methyl sites for hydroxylation is 3. The van der Waals surface area contributed by atoms with Crippen molar-refractivity contribution in [2.75, 3.05) is 11.5 Å². The van der Waals surface area contributed by atoms with Gasteiger partial charge in [-0.25, -0.2) is 4.98 Å². The lowest BCUT2D eigenvalue weighted by atomic mass is 9.97. The Labute approximate surface area is 197 Å². The first-order valence-corrected chi connectivity index (χ1v) is 11.1. The van der Waals surface area contributed by atoms with Gasteiger partial charge in [-0.3, -0.25) is 14.5 Å². The third-order valence-corrected chi connectivity index (χ3v) is 6.17. The molecule has 3 heterocycles. The maximum absolute atomic E-state index is 13.8. The number of carbonyl (C=O) groups excluding carboxylic acids is 1. The van der Waals surface area contributed by atoms with Gasteiger partial charge in [-0.2, -0.15) is 0 Å². The predicted molar refractivity (Wildman–Crippen MR) is 132 cm³/mol. The highest BCUT2D eigenvalue weighted by atomic mass is 16.5. The number of benzene rings is 2. The Morgan fingerprint density at radius 1 is 1.09 bits per heavy atom. The van der Waals surface area contributed by atoms with Crippen LogP contribution in [0, 0.1) is 20.8 Å². The van der Waals surface area contributed by atoms with Crippen LogP contribution < -0.4 is 15.1 Å². The molecule has 0 spiro atoms. The molecular weight excluding hydrogens is 428 g/mol. The molecule has 1 aliphatic heterocycles. The number of aromatic nitrogens is 1. The molecule has 6 heteroatoms. The number of hydrogen-bond donors (Lipinski definition) is 0. The van der Waals surface area contributed by atoms with E-state index in [0.29, 0.717) is 34.7 Å². The SMILES string of the molecule is C=CCOc1cccc([C@H]2c3c(oc4cc(C)c(C)cc4c3=O)C(=O)N2c2ccc(C)cn2)c1. The molecule has 0 saturated heterocycles. The summed E-state index contributed by atoms with van der Waals surface area (Å²) in [5.41, 5.74) is 4.16. The molecule has 34 heavy (non-hydrogen) atoms. The van der Waals surface area contributed by atoms with E-state index >= 15 is 0 Å². The Hall–Kier alpha value is -4.19. The molecule has 170 valence electrons. The molecule has 0 bridgehead atoms. The van der Waals surface area contributed by atoms with Gasteiger partial charge < -0.3 is 9.15 Å². The second-order valence-electron chi connectivity index (χ2n) is 8.55. The average Bonchev–Trinajstić information content (AvgIpc) is 3.12. The Bertz CT molecular complexity index is 1500. The van der Waals surface area contributed by atoms with Crippen LogP contribution in [0.5, 0.6) is 5.75 Å². The lowest BCUT2D eigenvalue weighted by Gasteiger charge is -2.24. The van der Waals surface area contributed by atoms with Gasteiger partial charge in [0.15, 0.2) is 5.43 Å². The van der Waals surface area contributed by atoms with Crippen LogP contribution in [0.15, 0.2) is 76.6 Å². The molecule has 4 aromatic rings. The fraction of sp³-hybridized carbons (Fsp3) is 0.179.